The number of ether oxygens (including phenoxy) is 1. The molecule has 2 saturated carbocycles. The maximum absolute atomic E-state index is 12.2. The van der Waals surface area contributed by atoms with E-state index < -0.39 is 0 Å². The van der Waals surface area contributed by atoms with Gasteiger partial charge < -0.3 is 14.6 Å². The Kier molecular flexibility index (Phi) is 6.47. The number of amides is 1. The summed E-state index contributed by atoms with van der Waals surface area (Å²) in [5.41, 5.74) is 0.916. The second kappa shape index (κ2) is 9.42. The zero-order valence-corrected chi connectivity index (χ0v) is 17.2. The van der Waals surface area contributed by atoms with Gasteiger partial charge in [0.15, 0.2) is 0 Å². The number of carbonyl (C=O) groups excluding carboxylic acids is 1. The highest BCUT2D eigenvalue weighted by molar-refractivity contribution is 5.76. The van der Waals surface area contributed by atoms with E-state index in [2.05, 4.69) is 15.5 Å². The summed E-state index contributed by atoms with van der Waals surface area (Å²) in [5, 5.41) is 7.16. The molecule has 0 saturated heterocycles. The number of carbonyl (C=O) groups is 1. The average molecular weight is 398 g/mol. The van der Waals surface area contributed by atoms with Crippen molar-refractivity contribution in [3.8, 4) is 17.1 Å². The predicted molar refractivity (Wildman–Crippen MR) is 110 cm³/mol. The van der Waals surface area contributed by atoms with Crippen molar-refractivity contribution in [1.29, 1.82) is 0 Å². The highest BCUT2D eigenvalue weighted by Crippen LogP contribution is 2.49. The van der Waals surface area contributed by atoms with E-state index in [0.717, 1.165) is 61.8 Å². The quantitative estimate of drug-likeness (QED) is 0.601. The van der Waals surface area contributed by atoms with Crippen molar-refractivity contribution >= 4 is 5.91 Å². The van der Waals surface area contributed by atoms with Crippen LogP contribution >= 0.6 is 0 Å². The summed E-state index contributed by atoms with van der Waals surface area (Å²) >= 11 is 0. The van der Waals surface area contributed by atoms with Crippen molar-refractivity contribution < 1.29 is 14.1 Å². The lowest BCUT2D eigenvalue weighted by molar-refractivity contribution is -0.122. The third kappa shape index (κ3) is 5.17. The van der Waals surface area contributed by atoms with E-state index in [1.54, 1.807) is 7.11 Å². The Labute approximate surface area is 172 Å². The molecular weight excluding hydrogens is 366 g/mol. The molecule has 1 amide bonds. The summed E-state index contributed by atoms with van der Waals surface area (Å²) in [7, 11) is 1.64. The number of nitrogens with zero attached hydrogens (tertiary/aromatic N) is 2. The van der Waals surface area contributed by atoms with Gasteiger partial charge in [-0.15, -0.1) is 0 Å². The van der Waals surface area contributed by atoms with Gasteiger partial charge in [0.05, 0.1) is 7.11 Å². The molecule has 0 aliphatic heterocycles. The van der Waals surface area contributed by atoms with Crippen LogP contribution in [0.3, 0.4) is 0 Å². The number of aromatic nitrogens is 2. The molecule has 1 N–H and O–H groups in total. The average Bonchev–Trinajstić information content (AvgIpc) is 3.48. The van der Waals surface area contributed by atoms with Gasteiger partial charge in [0, 0.05) is 24.9 Å². The van der Waals surface area contributed by atoms with Crippen molar-refractivity contribution in [1.82, 2.24) is 15.5 Å². The molecule has 2 aliphatic carbocycles. The summed E-state index contributed by atoms with van der Waals surface area (Å²) in [5.74, 6) is 4.69. The molecule has 1 heterocycles. The highest BCUT2D eigenvalue weighted by Gasteiger charge is 2.39. The van der Waals surface area contributed by atoms with E-state index in [9.17, 15) is 4.79 Å². The van der Waals surface area contributed by atoms with E-state index in [1.807, 2.05) is 24.3 Å². The summed E-state index contributed by atoms with van der Waals surface area (Å²) in [6, 6.07) is 7.62. The van der Waals surface area contributed by atoms with Gasteiger partial charge in [-0.05, 0) is 74.1 Å². The molecule has 156 valence electrons. The fourth-order valence-corrected chi connectivity index (χ4v) is 4.96. The van der Waals surface area contributed by atoms with Crippen LogP contribution in [-0.4, -0.2) is 29.7 Å². The van der Waals surface area contributed by atoms with Crippen LogP contribution in [-0.2, 0) is 11.2 Å². The molecule has 4 rings (SSSR count). The van der Waals surface area contributed by atoms with Crippen LogP contribution in [0.5, 0.6) is 5.75 Å². The maximum atomic E-state index is 12.2. The Hall–Kier alpha value is -2.37. The number of hydrogen-bond acceptors (Lipinski definition) is 5. The molecule has 3 atom stereocenters. The van der Waals surface area contributed by atoms with Gasteiger partial charge in [0.25, 0.3) is 0 Å². The number of nitrogens with one attached hydrogen (secondary N) is 1. The lowest BCUT2D eigenvalue weighted by atomic mass is 9.86. The van der Waals surface area contributed by atoms with Gasteiger partial charge in [-0.1, -0.05) is 18.0 Å². The zero-order chi connectivity index (χ0) is 20.1. The van der Waals surface area contributed by atoms with Crippen LogP contribution in [0.15, 0.2) is 28.8 Å². The number of unbranched alkanes of at least 4 members (excludes halogenated alkanes) is 2. The number of rotatable bonds is 10. The van der Waals surface area contributed by atoms with Crippen molar-refractivity contribution in [3.63, 3.8) is 0 Å². The normalized spacial score (nSPS) is 22.7. The Morgan fingerprint density at radius 3 is 2.76 bits per heavy atom. The first kappa shape index (κ1) is 19.9. The summed E-state index contributed by atoms with van der Waals surface area (Å²) in [6.07, 6.45) is 9.89. The first-order chi connectivity index (χ1) is 14.2. The molecule has 6 heteroatoms. The van der Waals surface area contributed by atoms with Crippen LogP contribution in [0.1, 0.15) is 57.3 Å². The van der Waals surface area contributed by atoms with E-state index in [4.69, 9.17) is 9.26 Å². The number of methoxy groups -OCH3 is 1. The SMILES string of the molecule is COc1ccc(-c2noc(CCCCCNC(=O)C[C@@H]3C[C@H]4CC[C@@H]3C4)n2)cc1. The van der Waals surface area contributed by atoms with Crippen molar-refractivity contribution in [2.75, 3.05) is 13.7 Å². The molecule has 0 spiro atoms. The van der Waals surface area contributed by atoms with Gasteiger partial charge in [0.1, 0.15) is 5.75 Å². The highest BCUT2D eigenvalue weighted by atomic mass is 16.5. The van der Waals surface area contributed by atoms with E-state index in [0.29, 0.717) is 17.6 Å². The van der Waals surface area contributed by atoms with Crippen LogP contribution in [0.4, 0.5) is 0 Å². The smallest absolute Gasteiger partial charge is 0.226 e. The second-order valence-electron chi connectivity index (χ2n) is 8.54. The summed E-state index contributed by atoms with van der Waals surface area (Å²) in [6.45, 7) is 0.764. The molecule has 2 bridgehead atoms. The van der Waals surface area contributed by atoms with Crippen LogP contribution in [0, 0.1) is 17.8 Å². The Balaban J connectivity index is 1.10. The third-order valence-corrected chi connectivity index (χ3v) is 6.54. The number of aryl methyl sites for hydroxylation is 1. The van der Waals surface area contributed by atoms with Crippen molar-refractivity contribution in [2.24, 2.45) is 17.8 Å². The lowest BCUT2D eigenvalue weighted by Gasteiger charge is -2.20. The van der Waals surface area contributed by atoms with E-state index >= 15 is 0 Å². The molecule has 2 fully saturated rings. The third-order valence-electron chi connectivity index (χ3n) is 6.54. The fourth-order valence-electron chi connectivity index (χ4n) is 4.96. The standard InChI is InChI=1S/C23H31N3O3/c1-28-20-10-8-17(9-11-20)23-25-22(29-26-23)5-3-2-4-12-24-21(27)15-19-14-16-6-7-18(19)13-16/h8-11,16,18-19H,2-7,12-15H2,1H3,(H,24,27)/t16-,18+,19-/m0/s1. The Morgan fingerprint density at radius 2 is 2.03 bits per heavy atom. The second-order valence-corrected chi connectivity index (χ2v) is 8.54. The van der Waals surface area contributed by atoms with Crippen LogP contribution in [0.2, 0.25) is 0 Å². The minimum atomic E-state index is 0.239. The number of fused-ring (bicyclic) bond motifs is 2. The predicted octanol–water partition coefficient (Wildman–Crippen LogP) is 4.40. The van der Waals surface area contributed by atoms with E-state index in [1.165, 1.54) is 25.7 Å². The summed E-state index contributed by atoms with van der Waals surface area (Å²) < 4.78 is 10.5. The van der Waals surface area contributed by atoms with E-state index in [-0.39, 0.29) is 5.91 Å². The maximum Gasteiger partial charge on any atom is 0.226 e. The summed E-state index contributed by atoms with van der Waals surface area (Å²) in [4.78, 5) is 16.6. The molecule has 2 aromatic rings. The minimum Gasteiger partial charge on any atom is -0.497 e. The van der Waals surface area contributed by atoms with Gasteiger partial charge >= 0.3 is 0 Å². The minimum absolute atomic E-state index is 0.239. The number of hydrogen-bond donors (Lipinski definition) is 1. The molecular formula is C23H31N3O3. The Morgan fingerprint density at radius 1 is 1.17 bits per heavy atom. The first-order valence-corrected chi connectivity index (χ1v) is 10.9. The molecule has 1 aromatic carbocycles. The molecule has 29 heavy (non-hydrogen) atoms. The molecule has 0 unspecified atom stereocenters. The zero-order valence-electron chi connectivity index (χ0n) is 17.2. The topological polar surface area (TPSA) is 77.3 Å². The first-order valence-electron chi connectivity index (χ1n) is 10.9. The van der Waals surface area contributed by atoms with Crippen molar-refractivity contribution in [2.45, 2.75) is 57.8 Å². The molecule has 0 radical (unpaired) electrons. The molecule has 6 nitrogen and oxygen atoms in total. The van der Waals surface area contributed by atoms with Gasteiger partial charge in [0.2, 0.25) is 17.6 Å². The van der Waals surface area contributed by atoms with Gasteiger partial charge in [-0.25, -0.2) is 0 Å². The van der Waals surface area contributed by atoms with Gasteiger partial charge in [-0.3, -0.25) is 4.79 Å². The Bertz CT molecular complexity index is 802. The van der Waals surface area contributed by atoms with Crippen LogP contribution in [0.25, 0.3) is 11.4 Å². The lowest BCUT2D eigenvalue weighted by Crippen LogP contribution is -2.28. The fraction of sp³-hybridized carbons (Fsp3) is 0.609. The molecule has 2 aliphatic rings. The largest absolute Gasteiger partial charge is 0.497 e. The van der Waals surface area contributed by atoms with Crippen molar-refractivity contribution in [3.05, 3.63) is 30.2 Å². The van der Waals surface area contributed by atoms with Crippen LogP contribution < -0.4 is 10.1 Å². The monoisotopic (exact) mass is 397 g/mol. The molecule has 1 aromatic heterocycles. The number of benzene rings is 1. The van der Waals surface area contributed by atoms with Gasteiger partial charge in [-0.2, -0.15) is 4.98 Å².